The Morgan fingerprint density at radius 2 is 2.20 bits per heavy atom. The van der Waals surface area contributed by atoms with E-state index in [1.165, 1.54) is 6.20 Å². The van der Waals surface area contributed by atoms with Gasteiger partial charge in [-0.1, -0.05) is 29.8 Å². The fourth-order valence-electron chi connectivity index (χ4n) is 1.24. The number of alkyl halides is 1. The van der Waals surface area contributed by atoms with Crippen LogP contribution in [0.3, 0.4) is 0 Å². The lowest BCUT2D eigenvalue weighted by molar-refractivity contribution is 0.366. The molecule has 0 fully saturated rings. The van der Waals surface area contributed by atoms with Gasteiger partial charge in [-0.15, -0.1) is 0 Å². The SMILES string of the molecule is CC(C)C(CBr)Cn1cncc(Br)c1=O. The molecule has 1 aromatic rings. The maximum absolute atomic E-state index is 11.7. The minimum absolute atomic E-state index is 0.0170. The molecule has 1 unspecified atom stereocenters. The Kier molecular flexibility index (Phi) is 4.99. The molecule has 0 radical (unpaired) electrons. The van der Waals surface area contributed by atoms with Gasteiger partial charge in [-0.25, -0.2) is 4.98 Å². The molecule has 0 spiro atoms. The van der Waals surface area contributed by atoms with Crippen LogP contribution >= 0.6 is 31.9 Å². The number of hydrogen-bond donors (Lipinski definition) is 0. The van der Waals surface area contributed by atoms with Gasteiger partial charge in [0.15, 0.2) is 0 Å². The number of nitrogens with zero attached hydrogens (tertiary/aromatic N) is 2. The molecule has 1 atom stereocenters. The molecule has 0 amide bonds. The van der Waals surface area contributed by atoms with Gasteiger partial charge in [0.05, 0.1) is 6.33 Å². The van der Waals surface area contributed by atoms with Crippen molar-refractivity contribution in [2.45, 2.75) is 20.4 Å². The van der Waals surface area contributed by atoms with Crippen LogP contribution in [0.15, 0.2) is 21.8 Å². The van der Waals surface area contributed by atoms with Crippen LogP contribution in [0.1, 0.15) is 13.8 Å². The van der Waals surface area contributed by atoms with Crippen molar-refractivity contribution in [1.29, 1.82) is 0 Å². The molecule has 1 heterocycles. The third kappa shape index (κ3) is 3.41. The van der Waals surface area contributed by atoms with Gasteiger partial charge in [-0.3, -0.25) is 9.36 Å². The van der Waals surface area contributed by atoms with E-state index in [1.54, 1.807) is 10.9 Å². The summed E-state index contributed by atoms with van der Waals surface area (Å²) >= 11 is 6.66. The highest BCUT2D eigenvalue weighted by Crippen LogP contribution is 2.15. The summed E-state index contributed by atoms with van der Waals surface area (Å²) < 4.78 is 2.16. The van der Waals surface area contributed by atoms with Crippen LogP contribution in [-0.2, 0) is 6.54 Å². The predicted octanol–water partition coefficient (Wildman–Crippen LogP) is 2.67. The first kappa shape index (κ1) is 12.9. The molecule has 1 rings (SSSR count). The lowest BCUT2D eigenvalue weighted by Gasteiger charge is -2.18. The Hall–Kier alpha value is -0.160. The van der Waals surface area contributed by atoms with Crippen LogP contribution in [0, 0.1) is 11.8 Å². The standard InChI is InChI=1S/C10H14Br2N2O/c1-7(2)8(3-11)5-14-6-13-4-9(12)10(14)15/h4,6-8H,3,5H2,1-2H3. The van der Waals surface area contributed by atoms with Gasteiger partial charge in [0.2, 0.25) is 0 Å². The van der Waals surface area contributed by atoms with Crippen molar-refractivity contribution >= 4 is 31.9 Å². The molecule has 0 bridgehead atoms. The first-order chi connectivity index (χ1) is 7.06. The van der Waals surface area contributed by atoms with Gasteiger partial charge in [0.1, 0.15) is 4.47 Å². The molecular formula is C10H14Br2N2O. The first-order valence-corrected chi connectivity index (χ1v) is 6.73. The fraction of sp³-hybridized carbons (Fsp3) is 0.600. The fourth-order valence-corrected chi connectivity index (χ4v) is 2.54. The highest BCUT2D eigenvalue weighted by atomic mass is 79.9. The van der Waals surface area contributed by atoms with E-state index in [1.807, 2.05) is 0 Å². The average molecular weight is 338 g/mol. The van der Waals surface area contributed by atoms with Crippen LogP contribution in [0.25, 0.3) is 0 Å². The van der Waals surface area contributed by atoms with E-state index in [2.05, 4.69) is 50.7 Å². The van der Waals surface area contributed by atoms with Crippen LogP contribution in [-0.4, -0.2) is 14.9 Å². The maximum Gasteiger partial charge on any atom is 0.267 e. The molecule has 0 aliphatic carbocycles. The first-order valence-electron chi connectivity index (χ1n) is 4.82. The van der Waals surface area contributed by atoms with Gasteiger partial charge in [-0.05, 0) is 27.8 Å². The van der Waals surface area contributed by atoms with E-state index < -0.39 is 0 Å². The number of hydrogen-bond acceptors (Lipinski definition) is 2. The summed E-state index contributed by atoms with van der Waals surface area (Å²) in [7, 11) is 0. The van der Waals surface area contributed by atoms with E-state index in [9.17, 15) is 4.79 Å². The number of aromatic nitrogens is 2. The lowest BCUT2D eigenvalue weighted by Crippen LogP contribution is -2.27. The minimum Gasteiger partial charge on any atom is -0.298 e. The maximum atomic E-state index is 11.7. The molecule has 15 heavy (non-hydrogen) atoms. The summed E-state index contributed by atoms with van der Waals surface area (Å²) in [5.74, 6) is 0.981. The van der Waals surface area contributed by atoms with Gasteiger partial charge in [-0.2, -0.15) is 0 Å². The second-order valence-electron chi connectivity index (χ2n) is 3.86. The van der Waals surface area contributed by atoms with Crippen molar-refractivity contribution in [3.05, 3.63) is 27.4 Å². The largest absolute Gasteiger partial charge is 0.298 e. The molecule has 0 N–H and O–H groups in total. The van der Waals surface area contributed by atoms with Crippen molar-refractivity contribution in [1.82, 2.24) is 9.55 Å². The van der Waals surface area contributed by atoms with Gasteiger partial charge < -0.3 is 0 Å². The van der Waals surface area contributed by atoms with E-state index >= 15 is 0 Å². The topological polar surface area (TPSA) is 34.9 Å². The zero-order valence-corrected chi connectivity index (χ0v) is 12.0. The van der Waals surface area contributed by atoms with Crippen molar-refractivity contribution in [3.8, 4) is 0 Å². The summed E-state index contributed by atoms with van der Waals surface area (Å²) in [5, 5.41) is 0.892. The van der Waals surface area contributed by atoms with Gasteiger partial charge >= 0.3 is 0 Å². The summed E-state index contributed by atoms with van der Waals surface area (Å²) in [5.41, 5.74) is -0.0170. The van der Waals surface area contributed by atoms with Crippen LogP contribution in [0.5, 0.6) is 0 Å². The molecule has 84 valence electrons. The molecular weight excluding hydrogens is 324 g/mol. The van der Waals surface area contributed by atoms with E-state index in [0.29, 0.717) is 22.9 Å². The van der Waals surface area contributed by atoms with Crippen LogP contribution in [0.2, 0.25) is 0 Å². The van der Waals surface area contributed by atoms with Crippen molar-refractivity contribution in [2.75, 3.05) is 5.33 Å². The summed E-state index contributed by atoms with van der Waals surface area (Å²) in [4.78, 5) is 15.7. The lowest BCUT2D eigenvalue weighted by atomic mass is 9.98. The third-order valence-electron chi connectivity index (χ3n) is 2.43. The third-order valence-corrected chi connectivity index (χ3v) is 3.81. The molecule has 0 aliphatic heterocycles. The Morgan fingerprint density at radius 1 is 1.53 bits per heavy atom. The summed E-state index contributed by atoms with van der Waals surface area (Å²) in [6.45, 7) is 5.01. The molecule has 1 aromatic heterocycles. The number of rotatable bonds is 4. The smallest absolute Gasteiger partial charge is 0.267 e. The van der Waals surface area contributed by atoms with Crippen LogP contribution < -0.4 is 5.56 Å². The predicted molar refractivity (Wildman–Crippen MR) is 68.3 cm³/mol. The Bertz CT molecular complexity index is 376. The Balaban J connectivity index is 2.89. The number of halogens is 2. The molecule has 0 aliphatic rings. The van der Waals surface area contributed by atoms with Crippen molar-refractivity contribution < 1.29 is 0 Å². The second-order valence-corrected chi connectivity index (χ2v) is 5.36. The van der Waals surface area contributed by atoms with Crippen molar-refractivity contribution in [3.63, 3.8) is 0 Å². The van der Waals surface area contributed by atoms with E-state index in [0.717, 1.165) is 5.33 Å². The monoisotopic (exact) mass is 336 g/mol. The van der Waals surface area contributed by atoms with E-state index in [4.69, 9.17) is 0 Å². The normalized spacial score (nSPS) is 13.1. The molecule has 3 nitrogen and oxygen atoms in total. The van der Waals surface area contributed by atoms with Gasteiger partial charge in [0, 0.05) is 18.1 Å². The van der Waals surface area contributed by atoms with Gasteiger partial charge in [0.25, 0.3) is 5.56 Å². The Labute approximate surface area is 106 Å². The average Bonchev–Trinajstić information content (AvgIpc) is 2.19. The molecule has 5 heteroatoms. The van der Waals surface area contributed by atoms with E-state index in [-0.39, 0.29) is 5.56 Å². The highest BCUT2D eigenvalue weighted by Gasteiger charge is 2.13. The molecule has 0 saturated heterocycles. The molecule has 0 saturated carbocycles. The highest BCUT2D eigenvalue weighted by molar-refractivity contribution is 9.10. The zero-order valence-electron chi connectivity index (χ0n) is 8.78. The van der Waals surface area contributed by atoms with Crippen molar-refractivity contribution in [2.24, 2.45) is 11.8 Å². The minimum atomic E-state index is -0.0170. The summed E-state index contributed by atoms with van der Waals surface area (Å²) in [6.07, 6.45) is 3.11. The Morgan fingerprint density at radius 3 is 2.73 bits per heavy atom. The van der Waals surface area contributed by atoms with Crippen LogP contribution in [0.4, 0.5) is 0 Å². The summed E-state index contributed by atoms with van der Waals surface area (Å²) in [6, 6.07) is 0. The molecule has 0 aromatic carbocycles. The second kappa shape index (κ2) is 5.80. The zero-order chi connectivity index (χ0) is 11.4. The quantitative estimate of drug-likeness (QED) is 0.792.